The van der Waals surface area contributed by atoms with Gasteiger partial charge >= 0.3 is 5.97 Å². The Bertz CT molecular complexity index is 219. The van der Waals surface area contributed by atoms with E-state index in [1.165, 1.54) is 38.2 Å². The van der Waals surface area contributed by atoms with Crippen molar-refractivity contribution in [3.63, 3.8) is 0 Å². The first-order valence-electron chi connectivity index (χ1n) is 6.75. The van der Waals surface area contributed by atoms with Crippen molar-refractivity contribution in [1.29, 1.82) is 0 Å². The van der Waals surface area contributed by atoms with E-state index in [1.807, 2.05) is 0 Å². The van der Waals surface area contributed by atoms with E-state index in [4.69, 9.17) is 4.74 Å². The highest BCUT2D eigenvalue weighted by atomic mass is 16.5. The van der Waals surface area contributed by atoms with Crippen LogP contribution >= 0.6 is 0 Å². The zero-order valence-corrected chi connectivity index (χ0v) is 11.1. The number of allylic oxidation sites excluding steroid dienone is 2. The highest BCUT2D eigenvalue weighted by Crippen LogP contribution is 2.07. The summed E-state index contributed by atoms with van der Waals surface area (Å²) in [6.07, 6.45) is 15.3. The van der Waals surface area contributed by atoms with Crippen LogP contribution in [0, 0.1) is 0 Å². The van der Waals surface area contributed by atoms with Crippen molar-refractivity contribution in [3.05, 3.63) is 24.8 Å². The first kappa shape index (κ1) is 16.0. The van der Waals surface area contributed by atoms with Gasteiger partial charge in [-0.3, -0.25) is 0 Å². The molecule has 0 heterocycles. The molecule has 0 rings (SSSR count). The van der Waals surface area contributed by atoms with Crippen LogP contribution in [0.2, 0.25) is 0 Å². The molecule has 0 aromatic rings. The molecular weight excluding hydrogens is 212 g/mol. The molecular formula is C15H26O2. The summed E-state index contributed by atoms with van der Waals surface area (Å²) >= 11 is 0. The molecule has 17 heavy (non-hydrogen) atoms. The summed E-state index contributed by atoms with van der Waals surface area (Å²) in [4.78, 5) is 10.7. The monoisotopic (exact) mass is 238 g/mol. The molecule has 0 atom stereocenters. The lowest BCUT2D eigenvalue weighted by Crippen LogP contribution is -2.01. The van der Waals surface area contributed by atoms with Gasteiger partial charge in [-0.05, 0) is 25.7 Å². The van der Waals surface area contributed by atoms with Crippen molar-refractivity contribution < 1.29 is 9.53 Å². The predicted molar refractivity (Wildman–Crippen MR) is 72.9 cm³/mol. The molecule has 0 aliphatic heterocycles. The second kappa shape index (κ2) is 13.0. The van der Waals surface area contributed by atoms with Gasteiger partial charge in [-0.2, -0.15) is 0 Å². The molecule has 0 bridgehead atoms. The SMILES string of the molecule is C=CC(=O)OCCCCCCCC/C=C\CC. The molecule has 0 saturated heterocycles. The lowest BCUT2D eigenvalue weighted by Gasteiger charge is -2.02. The third-order valence-electron chi connectivity index (χ3n) is 2.58. The molecule has 0 radical (unpaired) electrons. The fourth-order valence-electron chi connectivity index (χ4n) is 1.59. The summed E-state index contributed by atoms with van der Waals surface area (Å²) in [5.41, 5.74) is 0. The Balaban J connectivity index is 3.06. The Morgan fingerprint density at radius 1 is 1.06 bits per heavy atom. The number of hydrogen-bond donors (Lipinski definition) is 0. The fourth-order valence-corrected chi connectivity index (χ4v) is 1.59. The van der Waals surface area contributed by atoms with E-state index in [1.54, 1.807) is 0 Å². The lowest BCUT2D eigenvalue weighted by molar-refractivity contribution is -0.137. The van der Waals surface area contributed by atoms with Gasteiger partial charge in [0.05, 0.1) is 6.61 Å². The molecule has 0 amide bonds. The highest BCUT2D eigenvalue weighted by molar-refractivity contribution is 5.81. The van der Waals surface area contributed by atoms with Gasteiger partial charge in [0.15, 0.2) is 0 Å². The van der Waals surface area contributed by atoms with Gasteiger partial charge in [0.2, 0.25) is 0 Å². The van der Waals surface area contributed by atoms with Crippen molar-refractivity contribution in [2.75, 3.05) is 6.61 Å². The van der Waals surface area contributed by atoms with Gasteiger partial charge in [0, 0.05) is 6.08 Å². The van der Waals surface area contributed by atoms with E-state index in [-0.39, 0.29) is 5.97 Å². The molecule has 0 fully saturated rings. The third kappa shape index (κ3) is 12.9. The number of ether oxygens (including phenoxy) is 1. The fraction of sp³-hybridized carbons (Fsp3) is 0.667. The van der Waals surface area contributed by atoms with E-state index < -0.39 is 0 Å². The summed E-state index contributed by atoms with van der Waals surface area (Å²) < 4.78 is 4.90. The third-order valence-corrected chi connectivity index (χ3v) is 2.58. The first-order valence-corrected chi connectivity index (χ1v) is 6.75. The van der Waals surface area contributed by atoms with Gasteiger partial charge in [-0.15, -0.1) is 0 Å². The van der Waals surface area contributed by atoms with Gasteiger partial charge in [-0.25, -0.2) is 4.79 Å². The van der Waals surface area contributed by atoms with E-state index in [0.717, 1.165) is 19.3 Å². The average Bonchev–Trinajstić information content (AvgIpc) is 2.35. The van der Waals surface area contributed by atoms with Crippen LogP contribution in [0.5, 0.6) is 0 Å². The van der Waals surface area contributed by atoms with Crippen molar-refractivity contribution in [2.24, 2.45) is 0 Å². The van der Waals surface area contributed by atoms with Crippen molar-refractivity contribution in [1.82, 2.24) is 0 Å². The van der Waals surface area contributed by atoms with Gasteiger partial charge in [0.1, 0.15) is 0 Å². The summed E-state index contributed by atoms with van der Waals surface area (Å²) in [7, 11) is 0. The molecule has 0 aromatic carbocycles. The normalized spacial score (nSPS) is 10.6. The molecule has 2 nitrogen and oxygen atoms in total. The quantitative estimate of drug-likeness (QED) is 0.231. The van der Waals surface area contributed by atoms with Crippen LogP contribution < -0.4 is 0 Å². The Labute approximate surface area is 106 Å². The number of carbonyl (C=O) groups is 1. The molecule has 0 aliphatic rings. The van der Waals surface area contributed by atoms with E-state index >= 15 is 0 Å². The van der Waals surface area contributed by atoms with Gasteiger partial charge in [0.25, 0.3) is 0 Å². The number of carbonyl (C=O) groups excluding carboxylic acids is 1. The Morgan fingerprint density at radius 2 is 1.71 bits per heavy atom. The Morgan fingerprint density at radius 3 is 2.35 bits per heavy atom. The summed E-state index contributed by atoms with van der Waals surface area (Å²) in [6.45, 7) is 6.04. The van der Waals surface area contributed by atoms with Crippen LogP contribution in [0.1, 0.15) is 58.3 Å². The molecule has 0 saturated carbocycles. The predicted octanol–water partition coefficient (Wildman–Crippen LogP) is 4.41. The zero-order valence-electron chi connectivity index (χ0n) is 11.1. The second-order valence-corrected chi connectivity index (χ2v) is 4.16. The lowest BCUT2D eigenvalue weighted by atomic mass is 10.1. The summed E-state index contributed by atoms with van der Waals surface area (Å²) in [5, 5.41) is 0. The Hall–Kier alpha value is -1.05. The van der Waals surface area contributed by atoms with Crippen molar-refractivity contribution in [3.8, 4) is 0 Å². The largest absolute Gasteiger partial charge is 0.463 e. The maximum Gasteiger partial charge on any atom is 0.330 e. The van der Waals surface area contributed by atoms with E-state index in [2.05, 4.69) is 25.7 Å². The average molecular weight is 238 g/mol. The molecule has 0 unspecified atom stereocenters. The standard InChI is InChI=1S/C15H26O2/c1-3-5-6-7-8-9-10-11-12-13-14-17-15(16)4-2/h4-6H,2-3,7-14H2,1H3/b6-5-. The minimum Gasteiger partial charge on any atom is -0.463 e. The van der Waals surface area contributed by atoms with Crippen LogP contribution in [-0.2, 0) is 9.53 Å². The molecule has 0 spiro atoms. The first-order chi connectivity index (χ1) is 8.31. The maximum absolute atomic E-state index is 10.7. The molecule has 2 heteroatoms. The second-order valence-electron chi connectivity index (χ2n) is 4.16. The van der Waals surface area contributed by atoms with E-state index in [0.29, 0.717) is 6.61 Å². The van der Waals surface area contributed by atoms with Crippen LogP contribution in [0.4, 0.5) is 0 Å². The van der Waals surface area contributed by atoms with Crippen molar-refractivity contribution in [2.45, 2.75) is 58.3 Å². The van der Waals surface area contributed by atoms with Crippen LogP contribution in [0.3, 0.4) is 0 Å². The zero-order chi connectivity index (χ0) is 12.8. The van der Waals surface area contributed by atoms with Gasteiger partial charge < -0.3 is 4.74 Å². The highest BCUT2D eigenvalue weighted by Gasteiger charge is 1.95. The number of rotatable bonds is 11. The van der Waals surface area contributed by atoms with Crippen LogP contribution in [0.15, 0.2) is 24.8 Å². The molecule has 0 aliphatic carbocycles. The van der Waals surface area contributed by atoms with Crippen LogP contribution in [-0.4, -0.2) is 12.6 Å². The molecule has 98 valence electrons. The smallest absolute Gasteiger partial charge is 0.330 e. The maximum atomic E-state index is 10.7. The minimum absolute atomic E-state index is 0.312. The van der Waals surface area contributed by atoms with Crippen LogP contribution in [0.25, 0.3) is 0 Å². The van der Waals surface area contributed by atoms with Crippen molar-refractivity contribution >= 4 is 5.97 Å². The van der Waals surface area contributed by atoms with E-state index in [9.17, 15) is 4.79 Å². The number of unbranched alkanes of at least 4 members (excludes halogenated alkanes) is 6. The Kier molecular flexibility index (Phi) is 12.2. The minimum atomic E-state index is -0.312. The van der Waals surface area contributed by atoms with Gasteiger partial charge in [-0.1, -0.05) is 51.3 Å². The topological polar surface area (TPSA) is 26.3 Å². The molecule has 0 aromatic heterocycles. The molecule has 0 N–H and O–H groups in total. The summed E-state index contributed by atoms with van der Waals surface area (Å²) in [6, 6.07) is 0. The number of esters is 1. The summed E-state index contributed by atoms with van der Waals surface area (Å²) in [5.74, 6) is -0.312. The number of hydrogen-bond acceptors (Lipinski definition) is 2.